The van der Waals surface area contributed by atoms with Crippen LogP contribution in [0.1, 0.15) is 20.8 Å². The van der Waals surface area contributed by atoms with E-state index in [2.05, 4.69) is 0 Å². The Morgan fingerprint density at radius 1 is 1.45 bits per heavy atom. The van der Waals surface area contributed by atoms with Crippen LogP contribution >= 0.6 is 11.6 Å². The van der Waals surface area contributed by atoms with Crippen molar-refractivity contribution in [1.82, 2.24) is 4.90 Å². The largest absolute Gasteiger partial charge is 0.492 e. The van der Waals surface area contributed by atoms with E-state index in [1.165, 1.54) is 0 Å². The van der Waals surface area contributed by atoms with Crippen molar-refractivity contribution < 1.29 is 9.53 Å². The molecule has 4 nitrogen and oxygen atoms in total. The molecule has 0 aliphatic carbocycles. The highest BCUT2D eigenvalue weighted by atomic mass is 35.5. The van der Waals surface area contributed by atoms with E-state index in [0.717, 1.165) is 0 Å². The third kappa shape index (κ3) is 5.02. The summed E-state index contributed by atoms with van der Waals surface area (Å²) in [4.78, 5) is 13.7. The Bertz CT molecular complexity index is 457. The van der Waals surface area contributed by atoms with Gasteiger partial charge in [0.25, 0.3) is 0 Å². The second-order valence-electron chi connectivity index (χ2n) is 5.91. The van der Waals surface area contributed by atoms with Gasteiger partial charge in [-0.3, -0.25) is 4.79 Å². The van der Waals surface area contributed by atoms with Crippen molar-refractivity contribution in [2.24, 2.45) is 11.1 Å². The summed E-state index contributed by atoms with van der Waals surface area (Å²) in [5, 5.41) is 0.627. The van der Waals surface area contributed by atoms with Gasteiger partial charge in [-0.05, 0) is 23.6 Å². The van der Waals surface area contributed by atoms with Crippen LogP contribution < -0.4 is 10.5 Å². The second kappa shape index (κ2) is 6.95. The molecule has 2 N–H and O–H groups in total. The number of ether oxygens (including phenoxy) is 1. The maximum absolute atomic E-state index is 12.1. The molecule has 1 aromatic carbocycles. The monoisotopic (exact) mass is 298 g/mol. The zero-order chi connectivity index (χ0) is 15.3. The number of hydrogen-bond acceptors (Lipinski definition) is 3. The Morgan fingerprint density at radius 2 is 2.10 bits per heavy atom. The molecule has 0 aromatic heterocycles. The standard InChI is InChI=1S/C15H23ClN2O2/c1-15(2,3)13(17)14(19)18(4)8-9-20-12-7-5-6-11(16)10-12/h5-7,10,13H,8-9,17H2,1-4H3/t13-/m1/s1. The molecule has 0 bridgehead atoms. The third-order valence-electron chi connectivity index (χ3n) is 3.07. The van der Waals surface area contributed by atoms with Gasteiger partial charge >= 0.3 is 0 Å². The highest BCUT2D eigenvalue weighted by molar-refractivity contribution is 6.30. The topological polar surface area (TPSA) is 55.6 Å². The van der Waals surface area contributed by atoms with E-state index in [0.29, 0.717) is 23.9 Å². The number of carbonyl (C=O) groups is 1. The first-order chi connectivity index (χ1) is 9.21. The highest BCUT2D eigenvalue weighted by Crippen LogP contribution is 2.19. The average Bonchev–Trinajstić information content (AvgIpc) is 2.35. The number of nitrogens with zero attached hydrogens (tertiary/aromatic N) is 1. The van der Waals surface area contributed by atoms with Gasteiger partial charge in [-0.25, -0.2) is 0 Å². The lowest BCUT2D eigenvalue weighted by molar-refractivity contribution is -0.133. The molecule has 1 aromatic rings. The number of hydrogen-bond donors (Lipinski definition) is 1. The second-order valence-corrected chi connectivity index (χ2v) is 6.35. The van der Waals surface area contributed by atoms with Gasteiger partial charge in [0, 0.05) is 12.1 Å². The van der Waals surface area contributed by atoms with Crippen molar-refractivity contribution in [2.45, 2.75) is 26.8 Å². The summed E-state index contributed by atoms with van der Waals surface area (Å²) in [6.45, 7) is 6.73. The molecule has 112 valence electrons. The van der Waals surface area contributed by atoms with Gasteiger partial charge in [0.2, 0.25) is 5.91 Å². The van der Waals surface area contributed by atoms with E-state index in [-0.39, 0.29) is 11.3 Å². The average molecular weight is 299 g/mol. The SMILES string of the molecule is CN(CCOc1cccc(Cl)c1)C(=O)[C@@H](N)C(C)(C)C. The van der Waals surface area contributed by atoms with Crippen molar-refractivity contribution in [3.63, 3.8) is 0 Å². The number of benzene rings is 1. The fourth-order valence-corrected chi connectivity index (χ4v) is 1.76. The molecule has 0 fully saturated rings. The molecule has 1 atom stereocenters. The number of carbonyl (C=O) groups excluding carboxylic acids is 1. The third-order valence-corrected chi connectivity index (χ3v) is 3.30. The van der Waals surface area contributed by atoms with Crippen molar-refractivity contribution in [1.29, 1.82) is 0 Å². The number of rotatable bonds is 5. The molecule has 0 unspecified atom stereocenters. The molecule has 0 saturated carbocycles. The van der Waals surface area contributed by atoms with E-state index in [1.807, 2.05) is 32.9 Å². The van der Waals surface area contributed by atoms with Gasteiger partial charge in [-0.1, -0.05) is 38.4 Å². The highest BCUT2D eigenvalue weighted by Gasteiger charge is 2.29. The molecule has 0 aliphatic rings. The normalized spacial score (nSPS) is 12.9. The van der Waals surface area contributed by atoms with Crippen molar-refractivity contribution in [2.75, 3.05) is 20.2 Å². The summed E-state index contributed by atoms with van der Waals surface area (Å²) in [5.74, 6) is 0.616. The molecule has 0 aliphatic heterocycles. The van der Waals surface area contributed by atoms with Gasteiger partial charge in [0.15, 0.2) is 0 Å². The Morgan fingerprint density at radius 3 is 2.65 bits per heavy atom. The molecule has 0 heterocycles. The first-order valence-electron chi connectivity index (χ1n) is 6.61. The summed E-state index contributed by atoms with van der Waals surface area (Å²) >= 11 is 5.87. The molecule has 5 heteroatoms. The zero-order valence-electron chi connectivity index (χ0n) is 12.5. The van der Waals surface area contributed by atoms with Crippen LogP contribution in [0.25, 0.3) is 0 Å². The summed E-state index contributed by atoms with van der Waals surface area (Å²) in [7, 11) is 1.73. The number of nitrogens with two attached hydrogens (primary N) is 1. The van der Waals surface area contributed by atoms with Crippen molar-refractivity contribution in [3.05, 3.63) is 29.3 Å². The van der Waals surface area contributed by atoms with E-state index in [1.54, 1.807) is 24.1 Å². The molecule has 0 radical (unpaired) electrons. The zero-order valence-corrected chi connectivity index (χ0v) is 13.3. The van der Waals surface area contributed by atoms with Crippen LogP contribution in [0, 0.1) is 5.41 Å². The quantitative estimate of drug-likeness (QED) is 0.909. The molecule has 20 heavy (non-hydrogen) atoms. The Kier molecular flexibility index (Phi) is 5.84. The number of amides is 1. The summed E-state index contributed by atoms with van der Waals surface area (Å²) < 4.78 is 5.55. The van der Waals surface area contributed by atoms with Crippen molar-refractivity contribution in [3.8, 4) is 5.75 Å². The van der Waals surface area contributed by atoms with Crippen LogP contribution in [0.5, 0.6) is 5.75 Å². The van der Waals surface area contributed by atoms with E-state index < -0.39 is 6.04 Å². The predicted molar refractivity (Wildman–Crippen MR) is 82.0 cm³/mol. The fraction of sp³-hybridized carbons (Fsp3) is 0.533. The molecule has 0 spiro atoms. The van der Waals surface area contributed by atoms with E-state index in [9.17, 15) is 4.79 Å². The predicted octanol–water partition coefficient (Wildman–Crippen LogP) is 2.55. The molecule has 1 amide bonds. The van der Waals surface area contributed by atoms with Crippen LogP contribution in [-0.4, -0.2) is 37.0 Å². The Hall–Kier alpha value is -1.26. The minimum Gasteiger partial charge on any atom is -0.492 e. The molecule has 0 saturated heterocycles. The van der Waals surface area contributed by atoms with Crippen LogP contribution in [0.15, 0.2) is 24.3 Å². The fourth-order valence-electron chi connectivity index (χ4n) is 1.58. The minimum atomic E-state index is -0.515. The summed E-state index contributed by atoms with van der Waals surface area (Å²) in [6.07, 6.45) is 0. The first kappa shape index (κ1) is 16.8. The van der Waals surface area contributed by atoms with E-state index in [4.69, 9.17) is 22.1 Å². The van der Waals surface area contributed by atoms with Crippen molar-refractivity contribution >= 4 is 17.5 Å². The summed E-state index contributed by atoms with van der Waals surface area (Å²) in [6, 6.07) is 6.66. The van der Waals surface area contributed by atoms with Gasteiger partial charge in [-0.15, -0.1) is 0 Å². The number of halogens is 1. The maximum Gasteiger partial charge on any atom is 0.239 e. The molecular formula is C15H23ClN2O2. The number of likely N-dealkylation sites (N-methyl/N-ethyl adjacent to an activating group) is 1. The lowest BCUT2D eigenvalue weighted by Gasteiger charge is -2.29. The minimum absolute atomic E-state index is 0.0767. The molecule has 1 rings (SSSR count). The summed E-state index contributed by atoms with van der Waals surface area (Å²) in [5.41, 5.74) is 5.70. The van der Waals surface area contributed by atoms with Crippen LogP contribution in [0.2, 0.25) is 5.02 Å². The van der Waals surface area contributed by atoms with Crippen LogP contribution in [0.4, 0.5) is 0 Å². The maximum atomic E-state index is 12.1. The van der Waals surface area contributed by atoms with Gasteiger partial charge in [0.05, 0.1) is 12.6 Å². The van der Waals surface area contributed by atoms with Gasteiger partial charge in [0.1, 0.15) is 12.4 Å². The Balaban J connectivity index is 2.44. The lowest BCUT2D eigenvalue weighted by Crippen LogP contribution is -2.49. The van der Waals surface area contributed by atoms with Crippen LogP contribution in [-0.2, 0) is 4.79 Å². The Labute approximate surface area is 125 Å². The molecular weight excluding hydrogens is 276 g/mol. The van der Waals surface area contributed by atoms with E-state index >= 15 is 0 Å². The van der Waals surface area contributed by atoms with Gasteiger partial charge < -0.3 is 15.4 Å². The van der Waals surface area contributed by atoms with Crippen LogP contribution in [0.3, 0.4) is 0 Å². The smallest absolute Gasteiger partial charge is 0.239 e. The first-order valence-corrected chi connectivity index (χ1v) is 6.98. The van der Waals surface area contributed by atoms with Gasteiger partial charge in [-0.2, -0.15) is 0 Å². The lowest BCUT2D eigenvalue weighted by atomic mass is 9.86.